The number of nitrogens with two attached hydrogens (primary N) is 1. The summed E-state index contributed by atoms with van der Waals surface area (Å²) < 4.78 is 4.97. The number of carbonyl (C=O) groups excluding carboxylic acids is 1. The van der Waals surface area contributed by atoms with Crippen LogP contribution in [-0.2, 0) is 4.79 Å². The zero-order valence-electron chi connectivity index (χ0n) is 8.44. The van der Waals surface area contributed by atoms with E-state index in [4.69, 9.17) is 10.2 Å². The van der Waals surface area contributed by atoms with Gasteiger partial charge in [-0.1, -0.05) is 18.9 Å². The number of aromatic nitrogens is 2. The summed E-state index contributed by atoms with van der Waals surface area (Å²) in [6.07, 6.45) is 0. The van der Waals surface area contributed by atoms with Crippen LogP contribution in [0, 0.1) is 12.8 Å². The molecule has 0 radical (unpaired) electrons. The number of nitrogens with zero attached hydrogens (tertiary/aromatic N) is 2. The van der Waals surface area contributed by atoms with E-state index in [1.807, 2.05) is 13.8 Å². The highest BCUT2D eigenvalue weighted by molar-refractivity contribution is 5.92. The first-order valence-electron chi connectivity index (χ1n) is 4.37. The van der Waals surface area contributed by atoms with E-state index in [2.05, 4.69) is 15.5 Å². The van der Waals surface area contributed by atoms with Gasteiger partial charge in [0.05, 0.1) is 6.04 Å². The predicted octanol–water partition coefficient (Wildman–Crippen LogP) is 0.300. The van der Waals surface area contributed by atoms with E-state index in [0.29, 0.717) is 5.89 Å². The Morgan fingerprint density at radius 2 is 2.14 bits per heavy atom. The summed E-state index contributed by atoms with van der Waals surface area (Å²) in [5.41, 5.74) is 5.61. The standard InChI is InChI=1S/C8H14N4O2/c1-4(2)6(9)7(13)10-8-12-11-5(3)14-8/h4,6H,9H2,1-3H3,(H,10,12,13)/t6-/m0/s1. The van der Waals surface area contributed by atoms with Crippen LogP contribution in [0.3, 0.4) is 0 Å². The fourth-order valence-corrected chi connectivity index (χ4v) is 0.839. The van der Waals surface area contributed by atoms with Crippen LogP contribution in [0.25, 0.3) is 0 Å². The molecule has 0 aliphatic carbocycles. The number of hydrogen-bond donors (Lipinski definition) is 2. The molecule has 0 bridgehead atoms. The number of aryl methyl sites for hydroxylation is 1. The van der Waals surface area contributed by atoms with Crippen molar-refractivity contribution in [1.29, 1.82) is 0 Å². The van der Waals surface area contributed by atoms with Crippen molar-refractivity contribution < 1.29 is 9.21 Å². The molecule has 78 valence electrons. The summed E-state index contributed by atoms with van der Waals surface area (Å²) in [6.45, 7) is 5.37. The molecule has 0 unspecified atom stereocenters. The monoisotopic (exact) mass is 198 g/mol. The normalized spacial score (nSPS) is 12.9. The van der Waals surface area contributed by atoms with Gasteiger partial charge < -0.3 is 10.2 Å². The maximum Gasteiger partial charge on any atom is 0.322 e. The van der Waals surface area contributed by atoms with Crippen molar-refractivity contribution >= 4 is 11.9 Å². The number of carbonyl (C=O) groups is 1. The van der Waals surface area contributed by atoms with Crippen molar-refractivity contribution in [2.75, 3.05) is 5.32 Å². The molecule has 0 aliphatic heterocycles. The minimum Gasteiger partial charge on any atom is -0.408 e. The van der Waals surface area contributed by atoms with Gasteiger partial charge in [0.25, 0.3) is 0 Å². The van der Waals surface area contributed by atoms with Gasteiger partial charge in [-0.3, -0.25) is 10.1 Å². The molecule has 3 N–H and O–H groups in total. The van der Waals surface area contributed by atoms with E-state index in [1.165, 1.54) is 0 Å². The number of anilines is 1. The van der Waals surface area contributed by atoms with Crippen LogP contribution in [0.4, 0.5) is 6.01 Å². The van der Waals surface area contributed by atoms with Gasteiger partial charge in [-0.2, -0.15) is 0 Å². The molecule has 14 heavy (non-hydrogen) atoms. The zero-order valence-corrected chi connectivity index (χ0v) is 8.44. The molecule has 1 atom stereocenters. The van der Waals surface area contributed by atoms with Gasteiger partial charge in [-0.05, 0) is 5.92 Å². The molecule has 0 fully saturated rings. The first kappa shape index (κ1) is 10.6. The van der Waals surface area contributed by atoms with Crippen LogP contribution in [-0.4, -0.2) is 22.1 Å². The summed E-state index contributed by atoms with van der Waals surface area (Å²) in [5, 5.41) is 9.63. The number of nitrogens with one attached hydrogen (secondary N) is 1. The van der Waals surface area contributed by atoms with E-state index in [-0.39, 0.29) is 17.8 Å². The Labute approximate surface area is 81.9 Å². The summed E-state index contributed by atoms with van der Waals surface area (Å²) in [4.78, 5) is 11.4. The molecule has 1 aromatic rings. The van der Waals surface area contributed by atoms with E-state index >= 15 is 0 Å². The Morgan fingerprint density at radius 3 is 2.57 bits per heavy atom. The molecular formula is C8H14N4O2. The number of amides is 1. The third kappa shape index (κ3) is 2.53. The second-order valence-corrected chi connectivity index (χ2v) is 3.39. The highest BCUT2D eigenvalue weighted by Crippen LogP contribution is 2.06. The zero-order chi connectivity index (χ0) is 10.7. The molecule has 1 rings (SSSR count). The Kier molecular flexibility index (Phi) is 3.19. The van der Waals surface area contributed by atoms with Gasteiger partial charge in [-0.25, -0.2) is 0 Å². The molecular weight excluding hydrogens is 184 g/mol. The molecule has 0 saturated carbocycles. The smallest absolute Gasteiger partial charge is 0.322 e. The van der Waals surface area contributed by atoms with Gasteiger partial charge >= 0.3 is 6.01 Å². The van der Waals surface area contributed by atoms with Crippen LogP contribution in [0.2, 0.25) is 0 Å². The van der Waals surface area contributed by atoms with Gasteiger partial charge in [0.1, 0.15) is 0 Å². The van der Waals surface area contributed by atoms with Crippen molar-refractivity contribution in [3.63, 3.8) is 0 Å². The molecule has 0 spiro atoms. The van der Waals surface area contributed by atoms with Crippen LogP contribution >= 0.6 is 0 Å². The molecule has 6 nitrogen and oxygen atoms in total. The largest absolute Gasteiger partial charge is 0.408 e. The van der Waals surface area contributed by atoms with Crippen LogP contribution in [0.15, 0.2) is 4.42 Å². The quantitative estimate of drug-likeness (QED) is 0.728. The van der Waals surface area contributed by atoms with E-state index < -0.39 is 6.04 Å². The van der Waals surface area contributed by atoms with Crippen molar-refractivity contribution in [2.24, 2.45) is 11.7 Å². The first-order chi connectivity index (χ1) is 6.50. The SMILES string of the molecule is Cc1nnc(NC(=O)[C@@H](N)C(C)C)o1. The fourth-order valence-electron chi connectivity index (χ4n) is 0.839. The lowest BCUT2D eigenvalue weighted by molar-refractivity contribution is -0.118. The minimum absolute atomic E-state index is 0.0685. The van der Waals surface area contributed by atoms with E-state index in [9.17, 15) is 4.79 Å². The summed E-state index contributed by atoms with van der Waals surface area (Å²) in [7, 11) is 0. The molecule has 6 heteroatoms. The Balaban J connectivity index is 2.57. The van der Waals surface area contributed by atoms with Crippen molar-refractivity contribution in [3.05, 3.63) is 5.89 Å². The third-order valence-corrected chi connectivity index (χ3v) is 1.78. The summed E-state index contributed by atoms with van der Waals surface area (Å²) in [5.74, 6) is 0.154. The lowest BCUT2D eigenvalue weighted by Gasteiger charge is -2.12. The molecule has 1 heterocycles. The average Bonchev–Trinajstić information content (AvgIpc) is 2.49. The topological polar surface area (TPSA) is 94.0 Å². The summed E-state index contributed by atoms with van der Waals surface area (Å²) in [6, 6.07) is -0.481. The Bertz CT molecular complexity index is 321. The second kappa shape index (κ2) is 4.19. The maximum absolute atomic E-state index is 11.4. The van der Waals surface area contributed by atoms with Crippen molar-refractivity contribution in [1.82, 2.24) is 10.2 Å². The second-order valence-electron chi connectivity index (χ2n) is 3.39. The first-order valence-corrected chi connectivity index (χ1v) is 4.37. The predicted molar refractivity (Wildman–Crippen MR) is 50.5 cm³/mol. The number of hydrogen-bond acceptors (Lipinski definition) is 5. The maximum atomic E-state index is 11.4. The third-order valence-electron chi connectivity index (χ3n) is 1.78. The van der Waals surface area contributed by atoms with Gasteiger partial charge in [0, 0.05) is 6.92 Å². The highest BCUT2D eigenvalue weighted by Gasteiger charge is 2.18. The van der Waals surface area contributed by atoms with Gasteiger partial charge in [0.2, 0.25) is 11.8 Å². The lowest BCUT2D eigenvalue weighted by Crippen LogP contribution is -2.39. The van der Waals surface area contributed by atoms with Crippen LogP contribution in [0.1, 0.15) is 19.7 Å². The molecule has 0 aromatic carbocycles. The summed E-state index contributed by atoms with van der Waals surface area (Å²) >= 11 is 0. The van der Waals surface area contributed by atoms with E-state index in [1.54, 1.807) is 6.92 Å². The van der Waals surface area contributed by atoms with E-state index in [0.717, 1.165) is 0 Å². The van der Waals surface area contributed by atoms with Crippen molar-refractivity contribution in [3.8, 4) is 0 Å². The fraction of sp³-hybridized carbons (Fsp3) is 0.625. The number of rotatable bonds is 3. The average molecular weight is 198 g/mol. The highest BCUT2D eigenvalue weighted by atomic mass is 16.4. The molecule has 1 aromatic heterocycles. The molecule has 0 aliphatic rings. The van der Waals surface area contributed by atoms with Crippen LogP contribution in [0.5, 0.6) is 0 Å². The molecule has 1 amide bonds. The van der Waals surface area contributed by atoms with Crippen LogP contribution < -0.4 is 11.1 Å². The molecule has 0 saturated heterocycles. The lowest BCUT2D eigenvalue weighted by atomic mass is 10.1. The van der Waals surface area contributed by atoms with Gasteiger partial charge in [0.15, 0.2) is 0 Å². The minimum atomic E-state index is -0.567. The Hall–Kier alpha value is -1.43. The Morgan fingerprint density at radius 1 is 1.50 bits per heavy atom. The van der Waals surface area contributed by atoms with Gasteiger partial charge in [-0.15, -0.1) is 5.10 Å². The van der Waals surface area contributed by atoms with Crippen molar-refractivity contribution in [2.45, 2.75) is 26.8 Å².